The van der Waals surface area contributed by atoms with Crippen LogP contribution in [0.1, 0.15) is 10.4 Å². The smallest absolute Gasteiger partial charge is 0.271 e. The van der Waals surface area contributed by atoms with Crippen molar-refractivity contribution in [2.24, 2.45) is 0 Å². The molecule has 220 valence electrons. The third-order valence-electron chi connectivity index (χ3n) is 6.36. The summed E-state index contributed by atoms with van der Waals surface area (Å²) < 4.78 is 68.0. The second-order valence-electron chi connectivity index (χ2n) is 9.18. The number of methoxy groups -OCH3 is 1. The summed E-state index contributed by atoms with van der Waals surface area (Å²) in [5, 5.41) is 4.41. The van der Waals surface area contributed by atoms with E-state index in [9.17, 15) is 21.6 Å². The van der Waals surface area contributed by atoms with Crippen molar-refractivity contribution in [1.29, 1.82) is 0 Å². The van der Waals surface area contributed by atoms with Gasteiger partial charge in [-0.15, -0.1) is 11.3 Å². The fourth-order valence-corrected chi connectivity index (χ4v) is 7.62. The lowest BCUT2D eigenvalue weighted by molar-refractivity contribution is 0.102. The van der Waals surface area contributed by atoms with Crippen molar-refractivity contribution in [2.75, 3.05) is 53.1 Å². The van der Waals surface area contributed by atoms with Crippen LogP contribution >= 0.6 is 11.3 Å². The number of carbonyl (C=O) groups is 1. The molecular formula is C28H28N4O7S3. The Hall–Kier alpha value is -4.11. The van der Waals surface area contributed by atoms with Gasteiger partial charge in [0.1, 0.15) is 14.9 Å². The highest BCUT2D eigenvalue weighted by Crippen LogP contribution is 2.31. The molecule has 0 spiro atoms. The molecule has 1 fully saturated rings. The van der Waals surface area contributed by atoms with Gasteiger partial charge in [-0.3, -0.25) is 14.2 Å². The number of morpholine rings is 1. The molecule has 0 aliphatic carbocycles. The maximum atomic E-state index is 13.6. The second-order valence-corrected chi connectivity index (χ2v) is 13.7. The average Bonchev–Trinajstić information content (AvgIpc) is 3.55. The van der Waals surface area contributed by atoms with Crippen molar-refractivity contribution in [3.8, 4) is 5.75 Å². The molecule has 5 rings (SSSR count). The molecule has 0 atom stereocenters. The van der Waals surface area contributed by atoms with E-state index in [0.29, 0.717) is 49.1 Å². The molecule has 3 N–H and O–H groups in total. The minimum absolute atomic E-state index is 0.00338. The van der Waals surface area contributed by atoms with Gasteiger partial charge in [0.25, 0.3) is 26.0 Å². The molecule has 2 heterocycles. The highest BCUT2D eigenvalue weighted by molar-refractivity contribution is 7.94. The van der Waals surface area contributed by atoms with Crippen molar-refractivity contribution < 1.29 is 31.1 Å². The number of benzene rings is 3. The maximum absolute atomic E-state index is 13.6. The molecule has 42 heavy (non-hydrogen) atoms. The number of rotatable bonds is 10. The first-order valence-electron chi connectivity index (χ1n) is 12.8. The summed E-state index contributed by atoms with van der Waals surface area (Å²) in [6, 6.07) is 20.3. The Morgan fingerprint density at radius 3 is 2.07 bits per heavy atom. The largest absolute Gasteiger partial charge is 0.497 e. The number of sulfonamides is 2. The summed E-state index contributed by atoms with van der Waals surface area (Å²) in [4.78, 5) is 15.0. The first-order chi connectivity index (χ1) is 20.1. The summed E-state index contributed by atoms with van der Waals surface area (Å²) in [5.41, 5.74) is 1.67. The molecule has 1 saturated heterocycles. The Bertz CT molecular complexity index is 1750. The number of amides is 1. The number of ether oxygens (including phenoxy) is 2. The van der Waals surface area contributed by atoms with Crippen LogP contribution in [0.3, 0.4) is 0 Å². The Kier molecular flexibility index (Phi) is 8.68. The second kappa shape index (κ2) is 12.4. The van der Waals surface area contributed by atoms with Crippen LogP contribution in [-0.2, 0) is 24.8 Å². The van der Waals surface area contributed by atoms with Crippen molar-refractivity contribution in [3.05, 3.63) is 89.8 Å². The average molecular weight is 629 g/mol. The van der Waals surface area contributed by atoms with Crippen LogP contribution in [0.15, 0.2) is 93.3 Å². The van der Waals surface area contributed by atoms with E-state index in [0.717, 1.165) is 11.3 Å². The van der Waals surface area contributed by atoms with E-state index >= 15 is 0 Å². The Morgan fingerprint density at radius 1 is 0.833 bits per heavy atom. The molecule has 0 saturated carbocycles. The number of nitrogens with one attached hydrogen (secondary N) is 3. The van der Waals surface area contributed by atoms with Crippen LogP contribution in [-0.4, -0.2) is 56.2 Å². The fraction of sp³-hybridized carbons (Fsp3) is 0.179. The highest BCUT2D eigenvalue weighted by atomic mass is 32.2. The number of nitrogens with zero attached hydrogens (tertiary/aromatic N) is 1. The van der Waals surface area contributed by atoms with Gasteiger partial charge in [-0.05, 0) is 78.2 Å². The van der Waals surface area contributed by atoms with Gasteiger partial charge in [-0.1, -0.05) is 6.07 Å². The molecule has 1 aromatic heterocycles. The van der Waals surface area contributed by atoms with Gasteiger partial charge in [0, 0.05) is 35.7 Å². The standard InChI is InChI=1S/C28H28N4O7S3/c1-38-24-11-8-22(9-12-24)30-41(34,35)26-19-23(10-13-25(26)32-14-16-39-17-15-32)29-28(33)20-4-6-21(7-5-20)31-42(36,37)27-3-2-18-40-27/h2-13,18-19,30-31H,14-17H2,1H3,(H,29,33). The number of hydrogen-bond acceptors (Lipinski definition) is 9. The Labute approximate surface area is 248 Å². The molecule has 14 heteroatoms. The van der Waals surface area contributed by atoms with Gasteiger partial charge < -0.3 is 19.7 Å². The summed E-state index contributed by atoms with van der Waals surface area (Å²) in [5.74, 6) is 0.0952. The highest BCUT2D eigenvalue weighted by Gasteiger charge is 2.25. The van der Waals surface area contributed by atoms with Crippen molar-refractivity contribution in [1.82, 2.24) is 0 Å². The van der Waals surface area contributed by atoms with E-state index < -0.39 is 26.0 Å². The lowest BCUT2D eigenvalue weighted by atomic mass is 10.2. The minimum Gasteiger partial charge on any atom is -0.497 e. The summed E-state index contributed by atoms with van der Waals surface area (Å²) in [6.07, 6.45) is 0. The van der Waals surface area contributed by atoms with Crippen LogP contribution in [0.5, 0.6) is 5.75 Å². The molecule has 0 radical (unpaired) electrons. The number of hydrogen-bond donors (Lipinski definition) is 3. The first-order valence-corrected chi connectivity index (χ1v) is 16.6. The van der Waals surface area contributed by atoms with Crippen LogP contribution in [0, 0.1) is 0 Å². The van der Waals surface area contributed by atoms with Crippen LogP contribution in [0.25, 0.3) is 0 Å². The lowest BCUT2D eigenvalue weighted by Gasteiger charge is -2.30. The van der Waals surface area contributed by atoms with Crippen molar-refractivity contribution in [2.45, 2.75) is 9.10 Å². The van der Waals surface area contributed by atoms with Crippen LogP contribution < -0.4 is 24.4 Å². The number of carbonyl (C=O) groups excluding carboxylic acids is 1. The van der Waals surface area contributed by atoms with Gasteiger partial charge in [-0.2, -0.15) is 0 Å². The van der Waals surface area contributed by atoms with Gasteiger partial charge in [-0.25, -0.2) is 16.8 Å². The summed E-state index contributed by atoms with van der Waals surface area (Å²) in [6.45, 7) is 1.95. The molecule has 1 amide bonds. The topological polar surface area (TPSA) is 143 Å². The molecule has 11 nitrogen and oxygen atoms in total. The zero-order valence-corrected chi connectivity index (χ0v) is 24.9. The van der Waals surface area contributed by atoms with E-state index in [4.69, 9.17) is 9.47 Å². The van der Waals surface area contributed by atoms with Gasteiger partial charge >= 0.3 is 0 Å². The molecule has 0 bridgehead atoms. The molecule has 0 unspecified atom stereocenters. The van der Waals surface area contributed by atoms with E-state index in [-0.39, 0.29) is 20.4 Å². The fourth-order valence-electron chi connectivity index (χ4n) is 4.26. The Balaban J connectivity index is 1.37. The van der Waals surface area contributed by atoms with Crippen LogP contribution in [0.4, 0.5) is 22.7 Å². The van der Waals surface area contributed by atoms with E-state index in [2.05, 4.69) is 14.8 Å². The maximum Gasteiger partial charge on any atom is 0.271 e. The number of anilines is 4. The molecule has 1 aliphatic rings. The zero-order chi connectivity index (χ0) is 29.7. The van der Waals surface area contributed by atoms with Gasteiger partial charge in [0.2, 0.25) is 0 Å². The number of thiophene rings is 1. The third kappa shape index (κ3) is 6.85. The normalized spacial score (nSPS) is 13.8. The van der Waals surface area contributed by atoms with E-state index in [1.807, 2.05) is 4.90 Å². The quantitative estimate of drug-likeness (QED) is 0.234. The first kappa shape index (κ1) is 29.4. The van der Waals surface area contributed by atoms with Gasteiger partial charge in [0.15, 0.2) is 0 Å². The predicted molar refractivity (Wildman–Crippen MR) is 163 cm³/mol. The minimum atomic E-state index is -4.07. The van der Waals surface area contributed by atoms with Crippen molar-refractivity contribution >= 4 is 60.0 Å². The van der Waals surface area contributed by atoms with Crippen molar-refractivity contribution in [3.63, 3.8) is 0 Å². The lowest BCUT2D eigenvalue weighted by Crippen LogP contribution is -2.37. The molecule has 3 aromatic carbocycles. The van der Waals surface area contributed by atoms with Crippen LogP contribution in [0.2, 0.25) is 0 Å². The molecule has 1 aliphatic heterocycles. The molecule has 4 aromatic rings. The summed E-state index contributed by atoms with van der Waals surface area (Å²) >= 11 is 1.10. The van der Waals surface area contributed by atoms with E-state index in [1.54, 1.807) is 47.8 Å². The monoisotopic (exact) mass is 628 g/mol. The third-order valence-corrected chi connectivity index (χ3v) is 10.5. The van der Waals surface area contributed by atoms with Gasteiger partial charge in [0.05, 0.1) is 26.0 Å². The predicted octanol–water partition coefficient (Wildman–Crippen LogP) is 4.45. The molecular weight excluding hydrogens is 601 g/mol. The SMILES string of the molecule is COc1ccc(NS(=O)(=O)c2cc(NC(=O)c3ccc(NS(=O)(=O)c4cccs4)cc3)ccc2N2CCOCC2)cc1. The van der Waals surface area contributed by atoms with E-state index in [1.165, 1.54) is 43.5 Å². The zero-order valence-electron chi connectivity index (χ0n) is 22.4. The Morgan fingerprint density at radius 2 is 1.45 bits per heavy atom. The summed E-state index contributed by atoms with van der Waals surface area (Å²) in [7, 11) is -6.27.